The molecular weight excluding hydrogens is 1660 g/mol. The fourth-order valence-corrected chi connectivity index (χ4v) is 16.2. The van der Waals surface area contributed by atoms with Crippen LogP contribution in [0.1, 0.15) is 146 Å². The minimum absolute atomic E-state index is 0.0118. The average Bonchev–Trinajstić information content (AvgIpc) is 1.58. The molecule has 2 saturated heterocycles. The van der Waals surface area contributed by atoms with Crippen LogP contribution in [0.15, 0.2) is 84.6 Å². The number of carbonyl (C=O) groups is 10. The van der Waals surface area contributed by atoms with Crippen LogP contribution in [0.2, 0.25) is 0 Å². The molecule has 6 aliphatic rings. The highest BCUT2D eigenvalue weighted by Crippen LogP contribution is 2.48. The number of ether oxygens (including phenoxy) is 10. The summed E-state index contributed by atoms with van der Waals surface area (Å²) in [6.45, 7) is 25.5. The third-order valence-electron chi connectivity index (χ3n) is 21.0. The second kappa shape index (κ2) is 41.0. The van der Waals surface area contributed by atoms with E-state index in [2.05, 4.69) is 54.4 Å². The first-order valence-corrected chi connectivity index (χ1v) is 42.6. The molecule has 0 radical (unpaired) electrons. The number of methoxy groups -OCH3 is 4. The van der Waals surface area contributed by atoms with Crippen molar-refractivity contribution in [2.45, 2.75) is 218 Å². The second-order valence-corrected chi connectivity index (χ2v) is 35.3. The van der Waals surface area contributed by atoms with Crippen LogP contribution in [-0.4, -0.2) is 208 Å². The van der Waals surface area contributed by atoms with E-state index < -0.39 is 118 Å². The topological polar surface area (TPSA) is 407 Å². The zero-order valence-electron chi connectivity index (χ0n) is 69.8. The van der Waals surface area contributed by atoms with Gasteiger partial charge in [0.15, 0.2) is 10.3 Å². The molecule has 32 nitrogen and oxygen atoms in total. The number of benzene rings is 2. The highest BCUT2D eigenvalue weighted by molar-refractivity contribution is 7.14. The summed E-state index contributed by atoms with van der Waals surface area (Å²) in [5, 5.41) is 19.7. The number of aromatic nitrogens is 4. The number of amides is 7. The molecule has 7 N–H and O–H groups in total. The number of pyridine rings is 2. The van der Waals surface area contributed by atoms with E-state index in [1.54, 1.807) is 107 Å². The largest absolute Gasteiger partial charge is 0.497 e. The predicted molar refractivity (Wildman–Crippen MR) is 454 cm³/mol. The molecule has 4 aromatic heterocycles. The number of hydrogen-bond acceptors (Lipinski definition) is 27. The van der Waals surface area contributed by atoms with Gasteiger partial charge in [-0.25, -0.2) is 48.7 Å². The van der Waals surface area contributed by atoms with Gasteiger partial charge in [0.2, 0.25) is 23.6 Å². The highest BCUT2D eigenvalue weighted by Gasteiger charge is 2.63. The molecule has 6 fully saturated rings. The van der Waals surface area contributed by atoms with Crippen LogP contribution >= 0.6 is 57.5 Å². The van der Waals surface area contributed by atoms with E-state index in [1.807, 2.05) is 47.6 Å². The Bertz CT molecular complexity index is 4720. The van der Waals surface area contributed by atoms with Crippen molar-refractivity contribution in [3.05, 3.63) is 84.6 Å². The van der Waals surface area contributed by atoms with Crippen molar-refractivity contribution >= 4 is 149 Å². The molecule has 10 atom stereocenters. The summed E-state index contributed by atoms with van der Waals surface area (Å²) in [6, 6.07) is 9.94. The molecule has 0 unspecified atom stereocenters. The number of rotatable bonds is 25. The average molecular weight is 1760 g/mol. The first kappa shape index (κ1) is 93.8. The molecule has 120 heavy (non-hydrogen) atoms. The summed E-state index contributed by atoms with van der Waals surface area (Å²) >= 11 is 16.8. The van der Waals surface area contributed by atoms with E-state index >= 15 is 0 Å². The van der Waals surface area contributed by atoms with Crippen LogP contribution in [-0.2, 0) is 57.2 Å². The van der Waals surface area contributed by atoms with Crippen molar-refractivity contribution in [3.8, 4) is 45.8 Å². The van der Waals surface area contributed by atoms with Crippen LogP contribution < -0.4 is 51.3 Å². The van der Waals surface area contributed by atoms with Crippen molar-refractivity contribution in [2.75, 3.05) is 57.9 Å². The smallest absolute Gasteiger partial charge is 0.413 e. The van der Waals surface area contributed by atoms with Gasteiger partial charge >= 0.3 is 35.6 Å². The van der Waals surface area contributed by atoms with E-state index in [-0.39, 0.29) is 67.5 Å². The maximum atomic E-state index is 14.7. The zero-order chi connectivity index (χ0) is 87.9. The van der Waals surface area contributed by atoms with Crippen molar-refractivity contribution in [2.24, 2.45) is 22.7 Å². The fourth-order valence-electron chi connectivity index (χ4n) is 14.8. The number of fused-ring (bicyclic) bond motifs is 2. The molecule has 0 spiro atoms. The van der Waals surface area contributed by atoms with Crippen LogP contribution in [0.5, 0.6) is 23.0 Å². The minimum atomic E-state index is -1.31. The molecule has 652 valence electrons. The molecule has 7 amide bonds. The number of alkyl carbamates (subject to hydrolysis) is 2. The molecule has 4 saturated carbocycles. The molecule has 12 rings (SSSR count). The Morgan fingerprint density at radius 2 is 0.967 bits per heavy atom. The Kier molecular flexibility index (Phi) is 32.1. The van der Waals surface area contributed by atoms with Crippen molar-refractivity contribution in [3.63, 3.8) is 0 Å². The molecule has 0 bridgehead atoms. The van der Waals surface area contributed by atoms with Gasteiger partial charge in [0.25, 0.3) is 0 Å². The molecule has 4 aliphatic carbocycles. The van der Waals surface area contributed by atoms with Crippen LogP contribution in [0.3, 0.4) is 0 Å². The third-order valence-corrected chi connectivity index (χ3v) is 22.5. The summed E-state index contributed by atoms with van der Waals surface area (Å²) in [4.78, 5) is 153. The van der Waals surface area contributed by atoms with Gasteiger partial charge in [-0.3, -0.25) is 24.5 Å². The zero-order valence-corrected chi connectivity index (χ0v) is 73.7. The number of nitrogen functional groups attached to an aromatic ring is 1. The number of hydrogen-bond donors (Lipinski definition) is 6. The SMILES string of the molecule is C=C[C@@H]1C[C@]1(NC(=O)[C@@H]1C[C@@H](Oc2cc(-c3csc(N)n3)nc3cc(OC)ccc23)CN1C(=O)[C@@H](NC(=O)OC1CCCC1)C(C)(C)C)C(=O)OC.C=C[C@@H]1C[C@]1(NC(=O)[C@@H]1C[C@@H](Oc2cc(-c3csc(NC(=O)OC(C)C)n3)nc3cc(OC)ccc23)CN1C(=O)[C@@H](NC(=O)OC1CCCC1)C(C)(C)C)C(=O)OC.CC(C)OC(=O)Cl.ClCCl. The maximum Gasteiger partial charge on any atom is 0.413 e. The normalized spacial score (nSPS) is 21.6. The molecule has 2 aromatic carbocycles. The number of nitrogens with two attached hydrogens (primary N) is 1. The second-order valence-electron chi connectivity index (χ2n) is 32.4. The Morgan fingerprint density at radius 3 is 1.30 bits per heavy atom. The van der Waals surface area contributed by atoms with Crippen LogP contribution in [0, 0.1) is 22.7 Å². The number of thiazole rings is 2. The predicted octanol–water partition coefficient (Wildman–Crippen LogP) is 13.8. The Morgan fingerprint density at radius 1 is 0.567 bits per heavy atom. The van der Waals surface area contributed by atoms with Gasteiger partial charge in [-0.15, -0.1) is 59.0 Å². The van der Waals surface area contributed by atoms with E-state index in [1.165, 1.54) is 46.7 Å². The summed E-state index contributed by atoms with van der Waals surface area (Å²) < 4.78 is 55.3. The van der Waals surface area contributed by atoms with Gasteiger partial charge in [-0.1, -0.05) is 53.7 Å². The lowest BCUT2D eigenvalue weighted by molar-refractivity contribution is -0.149. The standard InChI is InChI=1S/C41H52N6O10S.C37H46N6O8S.C4H7ClO2.CH2Cl2/c1-9-23-19-41(23,36(50)54-8)46-34(48)31-17-26(20-47(31)35(49)33(40(4,5)6)44-38(51)57-24-12-10-11-13-24)56-32-18-29(42-28-16-25(53-7)14-15-27(28)32)30-21-58-37(43-30)45-39(52)55-22(2)3;1-7-20-17-37(20,33(46)49-6)42-31(44)28-15-23(18-43(28)32(45)30(36(2,3)4)41-35(47)51-21-10-8-9-11-21)50-29-16-26(27-19-52-34(38)40-27)39-25-14-22(48-5)12-13-24(25)29;1-3(2)7-4(5)6;2-1-3/h9,14-16,18,21-24,26,31,33H,1,10-13,17,19-20H2,2-8H3,(H,44,51)(H,46,48)(H,43,45,52);7,12-14,16,19-21,23,28,30H,1,8-11,15,17-18H2,2-6H3,(H2,38,40)(H,41,47)(H,42,44);3H,1-2H3;1H2/t23-,26-,31+,33-,41-;20-,23-,28+,30-,37-;;/m11../s1. The maximum absolute atomic E-state index is 14.7. The Balaban J connectivity index is 0.000000246. The van der Waals surface area contributed by atoms with Gasteiger partial charge in [0.1, 0.15) is 94.0 Å². The van der Waals surface area contributed by atoms with E-state index in [0.29, 0.717) is 90.7 Å². The van der Waals surface area contributed by atoms with E-state index in [4.69, 9.17) is 93.1 Å². The first-order chi connectivity index (χ1) is 56.8. The van der Waals surface area contributed by atoms with E-state index in [0.717, 1.165) is 51.4 Å². The number of likely N-dealkylation sites (tertiary alicyclic amines) is 2. The van der Waals surface area contributed by atoms with Gasteiger partial charge in [0, 0.05) is 82.1 Å². The van der Waals surface area contributed by atoms with Gasteiger partial charge < -0.3 is 84.2 Å². The monoisotopic (exact) mass is 1760 g/mol. The molecule has 37 heteroatoms. The Hall–Kier alpha value is -10.0. The molecule has 2 aliphatic heterocycles. The third kappa shape index (κ3) is 23.8. The van der Waals surface area contributed by atoms with Gasteiger partial charge in [-0.05, 0) is 127 Å². The Labute approximate surface area is 720 Å². The summed E-state index contributed by atoms with van der Waals surface area (Å²) in [5.74, 6) is -1.97. The lowest BCUT2D eigenvalue weighted by Crippen LogP contribution is -2.59. The fraction of sp³-hybridized carbons (Fsp3) is 0.542. The number of esters is 2. The number of nitrogens with zero attached hydrogens (tertiary/aromatic N) is 6. The van der Waals surface area contributed by atoms with E-state index in [9.17, 15) is 47.9 Å². The summed E-state index contributed by atoms with van der Waals surface area (Å²) in [5.41, 5.74) is 4.14. The lowest BCUT2D eigenvalue weighted by atomic mass is 9.85. The lowest BCUT2D eigenvalue weighted by Gasteiger charge is -2.35. The van der Waals surface area contributed by atoms with Crippen molar-refractivity contribution in [1.82, 2.24) is 51.0 Å². The molecule has 6 heterocycles. The number of alkyl halides is 2. The van der Waals surface area contributed by atoms with Crippen molar-refractivity contribution in [1.29, 1.82) is 0 Å². The quantitative estimate of drug-likeness (QED) is 0.0102. The highest BCUT2D eigenvalue weighted by atomic mass is 35.5. The van der Waals surface area contributed by atoms with Crippen molar-refractivity contribution < 1.29 is 95.3 Å². The summed E-state index contributed by atoms with van der Waals surface area (Å²) in [7, 11) is 5.62. The van der Waals surface area contributed by atoms with Crippen LogP contribution in [0.25, 0.3) is 44.6 Å². The number of carbonyl (C=O) groups excluding carboxylic acids is 10. The van der Waals surface area contributed by atoms with Gasteiger partial charge in [-0.2, -0.15) is 0 Å². The number of nitrogens with one attached hydrogen (secondary N) is 5. The minimum Gasteiger partial charge on any atom is -0.497 e. The molecular formula is C83H107Cl3N12O20S2. The number of halogens is 3. The first-order valence-electron chi connectivity index (χ1n) is 39.4. The van der Waals surface area contributed by atoms with Gasteiger partial charge in [0.05, 0.1) is 81.5 Å². The number of anilines is 2. The van der Waals surface area contributed by atoms with Crippen LogP contribution in [0.4, 0.5) is 29.4 Å². The summed E-state index contributed by atoms with van der Waals surface area (Å²) in [6.07, 6.45) is 6.65. The molecule has 6 aromatic rings.